The summed E-state index contributed by atoms with van der Waals surface area (Å²) in [6, 6.07) is 10.2. The van der Waals surface area contributed by atoms with Crippen molar-refractivity contribution < 1.29 is 28.2 Å². The zero-order valence-electron chi connectivity index (χ0n) is 15.8. The molecule has 0 saturated carbocycles. The average Bonchev–Trinajstić information content (AvgIpc) is 3.30. The zero-order chi connectivity index (χ0) is 20.5. The SMILES string of the molecule is Cc1c(C(=O)OCC(=O)N[C@H](C)c2ccc3c(c2)OCO3)oc2ccc(Cl)cc12. The zero-order valence-corrected chi connectivity index (χ0v) is 16.5. The third-order valence-electron chi connectivity index (χ3n) is 4.69. The fraction of sp³-hybridized carbons (Fsp3) is 0.238. The molecule has 0 radical (unpaired) electrons. The Bertz CT molecular complexity index is 1110. The standard InChI is InChI=1S/C21H18ClNO6/c1-11-15-8-14(22)4-6-16(15)29-20(11)21(25)26-9-19(24)23-12(2)13-3-5-17-18(7-13)28-10-27-17/h3-8,12H,9-10H2,1-2H3,(H,23,24)/t12-/m1/s1. The third kappa shape index (κ3) is 3.86. The number of benzene rings is 2. The maximum Gasteiger partial charge on any atom is 0.375 e. The summed E-state index contributed by atoms with van der Waals surface area (Å²) in [6.45, 7) is 3.32. The number of hydrogen-bond donors (Lipinski definition) is 1. The molecule has 0 unspecified atom stereocenters. The maximum atomic E-state index is 12.3. The van der Waals surface area contributed by atoms with E-state index < -0.39 is 18.5 Å². The second kappa shape index (κ2) is 7.67. The molecule has 1 aliphatic rings. The highest BCUT2D eigenvalue weighted by Crippen LogP contribution is 2.34. The summed E-state index contributed by atoms with van der Waals surface area (Å²) < 4.78 is 21.3. The van der Waals surface area contributed by atoms with Gasteiger partial charge in [0.1, 0.15) is 5.58 Å². The largest absolute Gasteiger partial charge is 0.454 e. The molecule has 2 heterocycles. The van der Waals surface area contributed by atoms with Crippen molar-refractivity contribution in [3.05, 3.63) is 58.3 Å². The van der Waals surface area contributed by atoms with Crippen LogP contribution in [0.25, 0.3) is 11.0 Å². The highest BCUT2D eigenvalue weighted by Gasteiger charge is 2.21. The van der Waals surface area contributed by atoms with E-state index in [1.165, 1.54) is 0 Å². The number of halogens is 1. The van der Waals surface area contributed by atoms with E-state index in [1.807, 2.05) is 19.1 Å². The Labute approximate surface area is 171 Å². The number of carbonyl (C=O) groups excluding carboxylic acids is 2. The molecule has 29 heavy (non-hydrogen) atoms. The number of nitrogens with one attached hydrogen (secondary N) is 1. The fourth-order valence-electron chi connectivity index (χ4n) is 3.13. The summed E-state index contributed by atoms with van der Waals surface area (Å²) in [5.74, 6) is 0.221. The topological polar surface area (TPSA) is 87.0 Å². The van der Waals surface area contributed by atoms with Crippen LogP contribution in [0, 0.1) is 6.92 Å². The molecule has 0 spiro atoms. The summed E-state index contributed by atoms with van der Waals surface area (Å²) in [6.07, 6.45) is 0. The van der Waals surface area contributed by atoms with Crippen LogP contribution in [0.3, 0.4) is 0 Å². The van der Waals surface area contributed by atoms with E-state index in [4.69, 9.17) is 30.2 Å². The number of amides is 1. The first-order chi connectivity index (χ1) is 13.9. The monoisotopic (exact) mass is 415 g/mol. The lowest BCUT2D eigenvalue weighted by molar-refractivity contribution is -0.124. The van der Waals surface area contributed by atoms with Crippen molar-refractivity contribution in [3.8, 4) is 11.5 Å². The highest BCUT2D eigenvalue weighted by molar-refractivity contribution is 6.31. The van der Waals surface area contributed by atoms with Crippen LogP contribution in [0.5, 0.6) is 11.5 Å². The van der Waals surface area contributed by atoms with E-state index in [1.54, 1.807) is 31.2 Å². The van der Waals surface area contributed by atoms with Gasteiger partial charge in [-0.1, -0.05) is 17.7 Å². The van der Waals surface area contributed by atoms with E-state index in [-0.39, 0.29) is 18.6 Å². The lowest BCUT2D eigenvalue weighted by Crippen LogP contribution is -2.31. The Balaban J connectivity index is 1.37. The van der Waals surface area contributed by atoms with Crippen LogP contribution in [0.1, 0.15) is 34.6 Å². The van der Waals surface area contributed by atoms with Crippen LogP contribution < -0.4 is 14.8 Å². The van der Waals surface area contributed by atoms with Gasteiger partial charge in [-0.05, 0) is 49.7 Å². The molecule has 1 atom stereocenters. The fourth-order valence-corrected chi connectivity index (χ4v) is 3.31. The Morgan fingerprint density at radius 1 is 1.17 bits per heavy atom. The first-order valence-corrected chi connectivity index (χ1v) is 9.35. The van der Waals surface area contributed by atoms with Crippen molar-refractivity contribution in [2.75, 3.05) is 13.4 Å². The number of esters is 1. The average molecular weight is 416 g/mol. The van der Waals surface area contributed by atoms with Crippen molar-refractivity contribution in [1.82, 2.24) is 5.32 Å². The Hall–Kier alpha value is -3.19. The molecular formula is C21H18ClNO6. The van der Waals surface area contributed by atoms with E-state index >= 15 is 0 Å². The van der Waals surface area contributed by atoms with Gasteiger partial charge in [0.25, 0.3) is 5.91 Å². The summed E-state index contributed by atoms with van der Waals surface area (Å²) in [4.78, 5) is 24.6. The van der Waals surface area contributed by atoms with Crippen molar-refractivity contribution in [2.45, 2.75) is 19.9 Å². The van der Waals surface area contributed by atoms with Crippen molar-refractivity contribution in [3.63, 3.8) is 0 Å². The van der Waals surface area contributed by atoms with Crippen LogP contribution >= 0.6 is 11.6 Å². The summed E-state index contributed by atoms with van der Waals surface area (Å²) in [5, 5.41) is 4.05. The number of carbonyl (C=O) groups is 2. The maximum absolute atomic E-state index is 12.3. The lowest BCUT2D eigenvalue weighted by Gasteiger charge is -2.14. The number of fused-ring (bicyclic) bond motifs is 2. The van der Waals surface area contributed by atoms with Crippen molar-refractivity contribution in [2.24, 2.45) is 0 Å². The molecule has 1 amide bonds. The van der Waals surface area contributed by atoms with Gasteiger partial charge in [-0.15, -0.1) is 0 Å². The van der Waals surface area contributed by atoms with Gasteiger partial charge >= 0.3 is 5.97 Å². The van der Waals surface area contributed by atoms with Gasteiger partial charge in [-0.25, -0.2) is 4.79 Å². The van der Waals surface area contributed by atoms with Crippen LogP contribution in [0.15, 0.2) is 40.8 Å². The molecule has 0 bridgehead atoms. The number of furan rings is 1. The smallest absolute Gasteiger partial charge is 0.375 e. The second-order valence-electron chi connectivity index (χ2n) is 6.67. The van der Waals surface area contributed by atoms with Crippen LogP contribution in [-0.2, 0) is 9.53 Å². The summed E-state index contributed by atoms with van der Waals surface area (Å²) in [5.41, 5.74) is 1.99. The normalized spacial score (nSPS) is 13.3. The molecule has 7 nitrogen and oxygen atoms in total. The van der Waals surface area contributed by atoms with E-state index in [0.717, 1.165) is 10.9 Å². The Morgan fingerprint density at radius 2 is 1.97 bits per heavy atom. The second-order valence-corrected chi connectivity index (χ2v) is 7.11. The van der Waals surface area contributed by atoms with E-state index in [9.17, 15) is 9.59 Å². The molecule has 2 aromatic carbocycles. The Kier molecular flexibility index (Phi) is 5.07. The predicted molar refractivity (Wildman–Crippen MR) is 105 cm³/mol. The molecule has 0 saturated heterocycles. The predicted octanol–water partition coefficient (Wildman–Crippen LogP) is 4.16. The number of rotatable bonds is 5. The van der Waals surface area contributed by atoms with Gasteiger partial charge in [0.2, 0.25) is 12.6 Å². The van der Waals surface area contributed by atoms with E-state index in [0.29, 0.717) is 27.7 Å². The van der Waals surface area contributed by atoms with Crippen molar-refractivity contribution >= 4 is 34.4 Å². The van der Waals surface area contributed by atoms with Gasteiger partial charge < -0.3 is 23.9 Å². The van der Waals surface area contributed by atoms with Crippen LogP contribution in [0.2, 0.25) is 5.02 Å². The number of ether oxygens (including phenoxy) is 3. The molecule has 3 aromatic rings. The number of hydrogen-bond acceptors (Lipinski definition) is 6. The van der Waals surface area contributed by atoms with Crippen LogP contribution in [-0.4, -0.2) is 25.3 Å². The van der Waals surface area contributed by atoms with E-state index in [2.05, 4.69) is 5.32 Å². The number of aryl methyl sites for hydroxylation is 1. The molecule has 1 N–H and O–H groups in total. The van der Waals surface area contributed by atoms with Gasteiger partial charge in [-0.3, -0.25) is 4.79 Å². The summed E-state index contributed by atoms with van der Waals surface area (Å²) >= 11 is 5.99. The molecule has 1 aliphatic heterocycles. The third-order valence-corrected chi connectivity index (χ3v) is 4.93. The Morgan fingerprint density at radius 3 is 2.79 bits per heavy atom. The quantitative estimate of drug-likeness (QED) is 0.630. The first kappa shape index (κ1) is 19.1. The summed E-state index contributed by atoms with van der Waals surface area (Å²) in [7, 11) is 0. The van der Waals surface area contributed by atoms with Gasteiger partial charge in [0.05, 0.1) is 6.04 Å². The lowest BCUT2D eigenvalue weighted by atomic mass is 10.1. The van der Waals surface area contributed by atoms with Crippen molar-refractivity contribution in [1.29, 1.82) is 0 Å². The first-order valence-electron chi connectivity index (χ1n) is 8.97. The molecular weight excluding hydrogens is 398 g/mol. The molecule has 4 rings (SSSR count). The minimum absolute atomic E-state index is 0.0545. The van der Waals surface area contributed by atoms with Gasteiger partial charge in [0, 0.05) is 16.0 Å². The molecule has 1 aromatic heterocycles. The minimum Gasteiger partial charge on any atom is -0.454 e. The molecule has 8 heteroatoms. The molecule has 0 fully saturated rings. The minimum atomic E-state index is -0.708. The van der Waals surface area contributed by atoms with Crippen LogP contribution in [0.4, 0.5) is 0 Å². The highest BCUT2D eigenvalue weighted by atomic mass is 35.5. The van der Waals surface area contributed by atoms with Gasteiger partial charge in [-0.2, -0.15) is 0 Å². The van der Waals surface area contributed by atoms with Gasteiger partial charge in [0.15, 0.2) is 18.1 Å². The molecule has 150 valence electrons. The molecule has 0 aliphatic carbocycles.